The number of methoxy groups -OCH3 is 1. The maximum Gasteiger partial charge on any atom is 0.251 e. The van der Waals surface area contributed by atoms with Crippen LogP contribution in [0.1, 0.15) is 23.2 Å². The Bertz CT molecular complexity index is 533. The molecule has 134 valence electrons. The van der Waals surface area contributed by atoms with E-state index in [1.54, 1.807) is 25.3 Å². The van der Waals surface area contributed by atoms with Crippen molar-refractivity contribution in [1.82, 2.24) is 10.2 Å². The van der Waals surface area contributed by atoms with E-state index in [0.29, 0.717) is 36.0 Å². The van der Waals surface area contributed by atoms with E-state index in [9.17, 15) is 4.79 Å². The Morgan fingerprint density at radius 2 is 2.17 bits per heavy atom. The summed E-state index contributed by atoms with van der Waals surface area (Å²) in [7, 11) is 1.59. The third-order valence-electron chi connectivity index (χ3n) is 4.03. The predicted molar refractivity (Wildman–Crippen MR) is 92.8 cm³/mol. The van der Waals surface area contributed by atoms with Gasteiger partial charge in [0, 0.05) is 38.9 Å². The van der Waals surface area contributed by atoms with Crippen LogP contribution in [0.15, 0.2) is 18.2 Å². The zero-order valence-corrected chi connectivity index (χ0v) is 14.7. The number of carbonyl (C=O) groups is 1. The minimum Gasteiger partial charge on any atom is -0.489 e. The molecule has 6 nitrogen and oxygen atoms in total. The first-order valence-corrected chi connectivity index (χ1v) is 8.58. The molecule has 1 amide bonds. The third-order valence-corrected chi connectivity index (χ3v) is 4.33. The van der Waals surface area contributed by atoms with Crippen molar-refractivity contribution in [3.05, 3.63) is 28.8 Å². The van der Waals surface area contributed by atoms with Crippen molar-refractivity contribution in [2.75, 3.05) is 46.5 Å². The highest BCUT2D eigenvalue weighted by Crippen LogP contribution is 2.28. The van der Waals surface area contributed by atoms with E-state index < -0.39 is 0 Å². The molecular formula is C17H25ClN2O4. The van der Waals surface area contributed by atoms with Crippen molar-refractivity contribution in [1.29, 1.82) is 0 Å². The van der Waals surface area contributed by atoms with Crippen LogP contribution in [0.25, 0.3) is 0 Å². The molecule has 0 saturated carbocycles. The van der Waals surface area contributed by atoms with Gasteiger partial charge in [-0.2, -0.15) is 0 Å². The summed E-state index contributed by atoms with van der Waals surface area (Å²) in [6.45, 7) is 3.63. The number of aliphatic hydroxyl groups is 1. The second kappa shape index (κ2) is 9.84. The highest BCUT2D eigenvalue weighted by atomic mass is 35.5. The molecular weight excluding hydrogens is 332 g/mol. The number of β-amino-alcohol motifs (C(OH)–C–C–N with tert-alkyl or cyclic N) is 1. The van der Waals surface area contributed by atoms with E-state index in [4.69, 9.17) is 26.2 Å². The van der Waals surface area contributed by atoms with Gasteiger partial charge in [-0.1, -0.05) is 11.6 Å². The van der Waals surface area contributed by atoms with Crippen LogP contribution in [0.3, 0.4) is 0 Å². The Hall–Kier alpha value is -1.34. The monoisotopic (exact) mass is 356 g/mol. The van der Waals surface area contributed by atoms with E-state index in [0.717, 1.165) is 25.9 Å². The van der Waals surface area contributed by atoms with Crippen molar-refractivity contribution < 1.29 is 19.4 Å². The number of likely N-dealkylation sites (tertiary alicyclic amines) is 1. The van der Waals surface area contributed by atoms with Crippen molar-refractivity contribution in [2.24, 2.45) is 0 Å². The number of nitrogens with zero attached hydrogens (tertiary/aromatic N) is 1. The first kappa shape index (κ1) is 19.0. The number of hydrogen-bond donors (Lipinski definition) is 2. The Morgan fingerprint density at radius 3 is 2.79 bits per heavy atom. The highest BCUT2D eigenvalue weighted by molar-refractivity contribution is 6.32. The largest absolute Gasteiger partial charge is 0.489 e. The Labute approximate surface area is 147 Å². The minimum absolute atomic E-state index is 0.110. The van der Waals surface area contributed by atoms with Gasteiger partial charge in [0.25, 0.3) is 5.91 Å². The maximum atomic E-state index is 12.0. The van der Waals surface area contributed by atoms with Crippen LogP contribution in [0.5, 0.6) is 5.75 Å². The standard InChI is InChI=1S/C17H25ClN2O4/c1-23-11-6-19-17(22)13-2-3-16(15(18)12-13)24-14-4-7-20(8-5-14)9-10-21/h2-3,12,14,21H,4-11H2,1H3,(H,19,22). The van der Waals surface area contributed by atoms with Gasteiger partial charge in [0.2, 0.25) is 0 Å². The Balaban J connectivity index is 1.87. The molecule has 1 aliphatic rings. The number of carbonyl (C=O) groups excluding carboxylic acids is 1. The quantitative estimate of drug-likeness (QED) is 0.692. The Kier molecular flexibility index (Phi) is 7.78. The molecule has 0 atom stereocenters. The second-order valence-electron chi connectivity index (χ2n) is 5.78. The average Bonchev–Trinajstić information content (AvgIpc) is 2.58. The van der Waals surface area contributed by atoms with Gasteiger partial charge in [0.05, 0.1) is 18.2 Å². The number of hydrogen-bond acceptors (Lipinski definition) is 5. The first-order chi connectivity index (χ1) is 11.6. The topological polar surface area (TPSA) is 71.0 Å². The first-order valence-electron chi connectivity index (χ1n) is 8.20. The predicted octanol–water partition coefficient (Wildman–Crippen LogP) is 1.55. The molecule has 2 N–H and O–H groups in total. The fourth-order valence-corrected chi connectivity index (χ4v) is 2.90. The zero-order chi connectivity index (χ0) is 17.4. The lowest BCUT2D eigenvalue weighted by Gasteiger charge is -2.31. The SMILES string of the molecule is COCCNC(=O)c1ccc(OC2CCN(CCO)CC2)c(Cl)c1. The molecule has 0 spiro atoms. The van der Waals surface area contributed by atoms with Crippen molar-refractivity contribution >= 4 is 17.5 Å². The number of nitrogens with one attached hydrogen (secondary N) is 1. The minimum atomic E-state index is -0.183. The van der Waals surface area contributed by atoms with Crippen LogP contribution in [0.2, 0.25) is 5.02 Å². The molecule has 1 heterocycles. The number of piperidine rings is 1. The molecule has 1 aromatic rings. The summed E-state index contributed by atoms with van der Waals surface area (Å²) in [4.78, 5) is 14.2. The molecule has 2 rings (SSSR count). The van der Waals surface area contributed by atoms with Gasteiger partial charge in [0.15, 0.2) is 0 Å². The van der Waals surface area contributed by atoms with Gasteiger partial charge in [-0.05, 0) is 31.0 Å². The third kappa shape index (κ3) is 5.63. The number of halogens is 1. The summed E-state index contributed by atoms with van der Waals surface area (Å²) < 4.78 is 10.9. The Morgan fingerprint density at radius 1 is 1.42 bits per heavy atom. The van der Waals surface area contributed by atoms with Gasteiger partial charge in [-0.15, -0.1) is 0 Å². The summed E-state index contributed by atoms with van der Waals surface area (Å²) in [5, 5.41) is 12.2. The lowest BCUT2D eigenvalue weighted by Crippen LogP contribution is -2.39. The van der Waals surface area contributed by atoms with E-state index in [-0.39, 0.29) is 18.6 Å². The maximum absolute atomic E-state index is 12.0. The lowest BCUT2D eigenvalue weighted by atomic mass is 10.1. The summed E-state index contributed by atoms with van der Waals surface area (Å²) in [5.41, 5.74) is 0.501. The van der Waals surface area contributed by atoms with E-state index in [1.807, 2.05) is 0 Å². The lowest BCUT2D eigenvalue weighted by molar-refractivity contribution is 0.0888. The molecule has 0 unspecified atom stereocenters. The summed E-state index contributed by atoms with van der Waals surface area (Å²) in [5.74, 6) is 0.420. The molecule has 0 aromatic heterocycles. The number of rotatable bonds is 8. The van der Waals surface area contributed by atoms with Crippen LogP contribution in [0.4, 0.5) is 0 Å². The van der Waals surface area contributed by atoms with Crippen molar-refractivity contribution in [2.45, 2.75) is 18.9 Å². The van der Waals surface area contributed by atoms with Crippen molar-refractivity contribution in [3.63, 3.8) is 0 Å². The van der Waals surface area contributed by atoms with Crippen LogP contribution in [-0.2, 0) is 4.74 Å². The molecule has 1 aliphatic heterocycles. The molecule has 0 radical (unpaired) electrons. The molecule has 24 heavy (non-hydrogen) atoms. The van der Waals surface area contributed by atoms with E-state index >= 15 is 0 Å². The van der Waals surface area contributed by atoms with Crippen molar-refractivity contribution in [3.8, 4) is 5.75 Å². The van der Waals surface area contributed by atoms with Gasteiger partial charge in [-0.3, -0.25) is 4.79 Å². The smallest absolute Gasteiger partial charge is 0.251 e. The van der Waals surface area contributed by atoms with Crippen LogP contribution < -0.4 is 10.1 Å². The van der Waals surface area contributed by atoms with Crippen LogP contribution in [-0.4, -0.2) is 68.5 Å². The molecule has 1 saturated heterocycles. The normalized spacial score (nSPS) is 16.1. The second-order valence-corrected chi connectivity index (χ2v) is 6.18. The zero-order valence-electron chi connectivity index (χ0n) is 14.0. The van der Waals surface area contributed by atoms with E-state index in [2.05, 4.69) is 10.2 Å². The fourth-order valence-electron chi connectivity index (χ4n) is 2.68. The summed E-state index contributed by atoms with van der Waals surface area (Å²) >= 11 is 6.26. The van der Waals surface area contributed by atoms with Crippen LogP contribution >= 0.6 is 11.6 Å². The molecule has 0 bridgehead atoms. The van der Waals surface area contributed by atoms with Crippen LogP contribution in [0, 0.1) is 0 Å². The molecule has 1 fully saturated rings. The number of benzene rings is 1. The fraction of sp³-hybridized carbons (Fsp3) is 0.588. The number of aliphatic hydroxyl groups excluding tert-OH is 1. The molecule has 1 aromatic carbocycles. The summed E-state index contributed by atoms with van der Waals surface area (Å²) in [6, 6.07) is 5.08. The van der Waals surface area contributed by atoms with Gasteiger partial charge in [0.1, 0.15) is 11.9 Å². The number of amides is 1. The van der Waals surface area contributed by atoms with E-state index in [1.165, 1.54) is 0 Å². The number of ether oxygens (including phenoxy) is 2. The highest BCUT2D eigenvalue weighted by Gasteiger charge is 2.21. The van der Waals surface area contributed by atoms with Gasteiger partial charge < -0.3 is 24.8 Å². The van der Waals surface area contributed by atoms with Gasteiger partial charge >= 0.3 is 0 Å². The molecule has 0 aliphatic carbocycles. The summed E-state index contributed by atoms with van der Waals surface area (Å²) in [6.07, 6.45) is 1.91. The average molecular weight is 357 g/mol. The van der Waals surface area contributed by atoms with Gasteiger partial charge in [-0.25, -0.2) is 0 Å². The molecule has 7 heteroatoms.